The SMILES string of the molecule is CCCCC/C=C/C/C=C/CCCCCCCCCCCC(=O)O[C@H](COC(=O)CCCCCCC/C=C/C/C=C/CCCCC)CO[C@H]1O[C@@H](CO[C@H]2O[C@@H](CO)[C@@H](O)C(O)C2O)[C@@H](O)C(O)C1O. The number of carbonyl (C=O) groups is 2. The molecule has 2 saturated heterocycles. The Hall–Kier alpha value is -2.54. The largest absolute Gasteiger partial charge is 0.462 e. The number of aliphatic hydroxyl groups is 7. The third kappa shape index (κ3) is 29.2. The van der Waals surface area contributed by atoms with E-state index in [9.17, 15) is 45.3 Å². The standard InChI is InChI=1S/C55H96O15/c1-3-5-7-9-11-13-15-17-19-20-21-22-24-26-28-30-32-34-36-38-47(58)68-43(40-65-46(57)37-35-33-31-29-27-25-23-18-16-14-12-10-8-6-4-2)41-66-54-53(64)51(62)49(60)45(70-54)42-67-55-52(63)50(61)48(59)44(39-56)69-55/h11-14,17-19,23,43-45,48-56,59-64H,3-10,15-16,20-22,24-42H2,1-2H3/b13-11+,14-12+,19-17+,23-18+/t43-,44+,45+,48-,49-,50?,51?,52?,53?,54+,55+/m1/s1. The van der Waals surface area contributed by atoms with Gasteiger partial charge in [-0.15, -0.1) is 0 Å². The van der Waals surface area contributed by atoms with E-state index in [1.165, 1.54) is 70.6 Å². The molecule has 2 aliphatic heterocycles. The maximum atomic E-state index is 13.0. The first kappa shape index (κ1) is 63.6. The number of carbonyl (C=O) groups excluding carboxylic acids is 2. The molecular weight excluding hydrogens is 901 g/mol. The quantitative estimate of drug-likeness (QED) is 0.0173. The van der Waals surface area contributed by atoms with Crippen LogP contribution in [0.15, 0.2) is 48.6 Å². The monoisotopic (exact) mass is 997 g/mol. The van der Waals surface area contributed by atoms with Gasteiger partial charge in [-0.2, -0.15) is 0 Å². The van der Waals surface area contributed by atoms with Crippen molar-refractivity contribution < 1.29 is 73.8 Å². The van der Waals surface area contributed by atoms with E-state index < -0.39 is 92.7 Å². The number of rotatable bonds is 42. The second-order valence-electron chi connectivity index (χ2n) is 19.0. The van der Waals surface area contributed by atoms with Gasteiger partial charge in [-0.05, 0) is 77.0 Å². The van der Waals surface area contributed by atoms with Crippen LogP contribution in [-0.2, 0) is 38.0 Å². The molecule has 11 atom stereocenters. The first-order valence-electron chi connectivity index (χ1n) is 27.2. The highest BCUT2D eigenvalue weighted by Crippen LogP contribution is 2.26. The molecule has 0 aliphatic carbocycles. The molecule has 2 rings (SSSR count). The summed E-state index contributed by atoms with van der Waals surface area (Å²) in [5, 5.41) is 72.2. The number of esters is 2. The average Bonchev–Trinajstić information content (AvgIpc) is 3.35. The zero-order valence-electron chi connectivity index (χ0n) is 43.0. The third-order valence-corrected chi connectivity index (χ3v) is 12.8. The van der Waals surface area contributed by atoms with Crippen molar-refractivity contribution in [1.82, 2.24) is 0 Å². The third-order valence-electron chi connectivity index (χ3n) is 12.8. The fourth-order valence-electron chi connectivity index (χ4n) is 8.28. The molecule has 2 aliphatic rings. The summed E-state index contributed by atoms with van der Waals surface area (Å²) >= 11 is 0. The highest BCUT2D eigenvalue weighted by atomic mass is 16.7. The smallest absolute Gasteiger partial charge is 0.306 e. The van der Waals surface area contributed by atoms with Gasteiger partial charge in [0, 0.05) is 12.8 Å². The van der Waals surface area contributed by atoms with Gasteiger partial charge >= 0.3 is 11.9 Å². The molecule has 0 amide bonds. The van der Waals surface area contributed by atoms with E-state index in [2.05, 4.69) is 62.5 Å². The lowest BCUT2D eigenvalue weighted by molar-refractivity contribution is -0.332. The summed E-state index contributed by atoms with van der Waals surface area (Å²) in [7, 11) is 0. The van der Waals surface area contributed by atoms with Crippen molar-refractivity contribution >= 4 is 11.9 Å². The van der Waals surface area contributed by atoms with Crippen LogP contribution >= 0.6 is 0 Å². The lowest BCUT2D eigenvalue weighted by atomic mass is 9.98. The Kier molecular flexibility index (Phi) is 38.0. The number of ether oxygens (including phenoxy) is 6. The van der Waals surface area contributed by atoms with E-state index in [1.54, 1.807) is 0 Å². The molecule has 0 spiro atoms. The molecule has 7 N–H and O–H groups in total. The Morgan fingerprint density at radius 1 is 0.457 bits per heavy atom. The van der Waals surface area contributed by atoms with Gasteiger partial charge in [0.1, 0.15) is 55.4 Å². The van der Waals surface area contributed by atoms with Crippen LogP contribution in [0.1, 0.15) is 194 Å². The van der Waals surface area contributed by atoms with E-state index in [0.717, 1.165) is 83.5 Å². The van der Waals surface area contributed by atoms with Gasteiger partial charge in [-0.25, -0.2) is 0 Å². The maximum Gasteiger partial charge on any atom is 0.306 e. The number of hydrogen-bond donors (Lipinski definition) is 7. The van der Waals surface area contributed by atoms with E-state index >= 15 is 0 Å². The molecular formula is C55H96O15. The molecule has 0 aromatic rings. The fourth-order valence-corrected chi connectivity index (χ4v) is 8.28. The molecule has 2 fully saturated rings. The van der Waals surface area contributed by atoms with Gasteiger partial charge in [0.2, 0.25) is 0 Å². The van der Waals surface area contributed by atoms with Gasteiger partial charge in [0.05, 0.1) is 19.8 Å². The van der Waals surface area contributed by atoms with Gasteiger partial charge in [0.15, 0.2) is 18.7 Å². The van der Waals surface area contributed by atoms with Gasteiger partial charge in [-0.1, -0.05) is 152 Å². The van der Waals surface area contributed by atoms with Crippen molar-refractivity contribution in [2.45, 2.75) is 261 Å². The zero-order valence-corrected chi connectivity index (χ0v) is 43.0. The Balaban J connectivity index is 1.79. The van der Waals surface area contributed by atoms with E-state index in [1.807, 2.05) is 0 Å². The molecule has 15 nitrogen and oxygen atoms in total. The molecule has 15 heteroatoms. The summed E-state index contributed by atoms with van der Waals surface area (Å²) in [5.41, 5.74) is 0. The summed E-state index contributed by atoms with van der Waals surface area (Å²) < 4.78 is 33.6. The summed E-state index contributed by atoms with van der Waals surface area (Å²) in [6.07, 6.45) is 29.8. The number of allylic oxidation sites excluding steroid dienone is 8. The maximum absolute atomic E-state index is 13.0. The molecule has 4 unspecified atom stereocenters. The molecule has 406 valence electrons. The Labute approximate surface area is 420 Å². The first-order valence-corrected chi connectivity index (χ1v) is 27.2. The molecule has 70 heavy (non-hydrogen) atoms. The highest BCUT2D eigenvalue weighted by molar-refractivity contribution is 5.70. The Morgan fingerprint density at radius 2 is 0.857 bits per heavy atom. The van der Waals surface area contributed by atoms with Crippen LogP contribution in [0.4, 0.5) is 0 Å². The van der Waals surface area contributed by atoms with Crippen molar-refractivity contribution in [3.63, 3.8) is 0 Å². The lowest BCUT2D eigenvalue weighted by Gasteiger charge is -2.42. The fraction of sp³-hybridized carbons (Fsp3) is 0.818. The minimum absolute atomic E-state index is 0.156. The van der Waals surface area contributed by atoms with Crippen LogP contribution in [0, 0.1) is 0 Å². The average molecular weight is 997 g/mol. The number of hydrogen-bond acceptors (Lipinski definition) is 15. The zero-order chi connectivity index (χ0) is 51.0. The Morgan fingerprint density at radius 3 is 1.33 bits per heavy atom. The van der Waals surface area contributed by atoms with Crippen LogP contribution in [0.2, 0.25) is 0 Å². The van der Waals surface area contributed by atoms with Crippen molar-refractivity contribution in [2.75, 3.05) is 26.4 Å². The van der Waals surface area contributed by atoms with Gasteiger partial charge in [-0.3, -0.25) is 9.59 Å². The first-order chi connectivity index (χ1) is 34.0. The minimum atomic E-state index is -1.77. The molecule has 0 radical (unpaired) electrons. The molecule has 0 aromatic heterocycles. The Bertz CT molecular complexity index is 1400. The van der Waals surface area contributed by atoms with E-state index in [4.69, 9.17) is 28.4 Å². The molecule has 2 heterocycles. The van der Waals surface area contributed by atoms with Crippen molar-refractivity contribution in [3.8, 4) is 0 Å². The van der Waals surface area contributed by atoms with Crippen LogP contribution in [0.5, 0.6) is 0 Å². The topological polar surface area (TPSA) is 231 Å². The summed E-state index contributed by atoms with van der Waals surface area (Å²) in [6.45, 7) is 2.53. The number of aliphatic hydroxyl groups excluding tert-OH is 7. The van der Waals surface area contributed by atoms with E-state index in [-0.39, 0.29) is 26.1 Å². The van der Waals surface area contributed by atoms with Gasteiger partial charge in [0.25, 0.3) is 0 Å². The minimum Gasteiger partial charge on any atom is -0.462 e. The summed E-state index contributed by atoms with van der Waals surface area (Å²) in [6, 6.07) is 0. The normalized spacial score (nSPS) is 25.7. The predicted molar refractivity (Wildman–Crippen MR) is 270 cm³/mol. The molecule has 0 saturated carbocycles. The van der Waals surface area contributed by atoms with Crippen LogP contribution < -0.4 is 0 Å². The predicted octanol–water partition coefficient (Wildman–Crippen LogP) is 8.27. The van der Waals surface area contributed by atoms with Crippen LogP contribution in [0.25, 0.3) is 0 Å². The van der Waals surface area contributed by atoms with E-state index in [0.29, 0.717) is 12.8 Å². The second kappa shape index (κ2) is 41.9. The van der Waals surface area contributed by atoms with Crippen LogP contribution in [-0.4, -0.2) is 142 Å². The molecule has 0 bridgehead atoms. The van der Waals surface area contributed by atoms with Crippen molar-refractivity contribution in [3.05, 3.63) is 48.6 Å². The molecule has 0 aromatic carbocycles. The number of unbranched alkanes of at least 4 members (excludes halogenated alkanes) is 20. The van der Waals surface area contributed by atoms with Crippen molar-refractivity contribution in [1.29, 1.82) is 0 Å². The highest BCUT2D eigenvalue weighted by Gasteiger charge is 2.47. The summed E-state index contributed by atoms with van der Waals surface area (Å²) in [4.78, 5) is 25.8. The van der Waals surface area contributed by atoms with Crippen LogP contribution in [0.3, 0.4) is 0 Å². The van der Waals surface area contributed by atoms with Crippen molar-refractivity contribution in [2.24, 2.45) is 0 Å². The summed E-state index contributed by atoms with van der Waals surface area (Å²) in [5.74, 6) is -0.945. The van der Waals surface area contributed by atoms with Gasteiger partial charge < -0.3 is 64.2 Å². The lowest BCUT2D eigenvalue weighted by Crippen LogP contribution is -2.61. The second-order valence-corrected chi connectivity index (χ2v) is 19.0.